The molecule has 0 amide bonds. The summed E-state index contributed by atoms with van der Waals surface area (Å²) in [7, 11) is -3.86. The van der Waals surface area contributed by atoms with Gasteiger partial charge in [-0.1, -0.05) is 5.16 Å². The average molecular weight is 297 g/mol. The van der Waals surface area contributed by atoms with Gasteiger partial charge < -0.3 is 14.2 Å². The number of carbonyl (C=O) groups is 1. The summed E-state index contributed by atoms with van der Waals surface area (Å²) in [5, 5.41) is 12.5. The van der Waals surface area contributed by atoms with Crippen molar-refractivity contribution in [1.82, 2.24) is 9.72 Å². The number of carboxylic acids is 1. The fourth-order valence-corrected chi connectivity index (χ4v) is 2.94. The highest BCUT2D eigenvalue weighted by Gasteiger charge is 2.30. The Kier molecular flexibility index (Phi) is 2.78. The topological polar surface area (TPSA) is 114 Å². The van der Waals surface area contributed by atoms with Crippen molar-refractivity contribution in [2.24, 2.45) is 0 Å². The van der Waals surface area contributed by atoms with Crippen LogP contribution in [-0.2, 0) is 10.0 Å². The summed E-state index contributed by atoms with van der Waals surface area (Å²) in [4.78, 5) is 11.1. The van der Waals surface area contributed by atoms with E-state index in [1.54, 1.807) is 0 Å². The average Bonchev–Trinajstić information content (AvgIpc) is 2.90. The number of nitrogens with one attached hydrogen (secondary N) is 1. The first-order valence-corrected chi connectivity index (χ1v) is 7.33. The maximum absolute atomic E-state index is 12.1. The van der Waals surface area contributed by atoms with Gasteiger partial charge in [0.2, 0.25) is 0 Å². The SMILES string of the molecule is O=C(O)c1cc(S(=O)(=O)Nc2cnoc2)cn1C1CC1. The van der Waals surface area contributed by atoms with Gasteiger partial charge in [0.15, 0.2) is 0 Å². The minimum atomic E-state index is -3.86. The van der Waals surface area contributed by atoms with Crippen molar-refractivity contribution < 1.29 is 22.8 Å². The summed E-state index contributed by atoms with van der Waals surface area (Å²) < 4.78 is 32.6. The Morgan fingerprint density at radius 1 is 1.50 bits per heavy atom. The van der Waals surface area contributed by atoms with E-state index in [1.807, 2.05) is 0 Å². The Morgan fingerprint density at radius 2 is 2.25 bits per heavy atom. The maximum Gasteiger partial charge on any atom is 0.352 e. The van der Waals surface area contributed by atoms with Crippen molar-refractivity contribution in [1.29, 1.82) is 0 Å². The number of sulfonamides is 1. The van der Waals surface area contributed by atoms with Crippen LogP contribution < -0.4 is 4.72 Å². The molecular weight excluding hydrogens is 286 g/mol. The van der Waals surface area contributed by atoms with E-state index in [0.29, 0.717) is 0 Å². The summed E-state index contributed by atoms with van der Waals surface area (Å²) in [6, 6.07) is 1.22. The van der Waals surface area contributed by atoms with Gasteiger partial charge in [0.05, 0.1) is 6.20 Å². The van der Waals surface area contributed by atoms with E-state index in [4.69, 9.17) is 5.11 Å². The van der Waals surface area contributed by atoms with Crippen LogP contribution in [0.15, 0.2) is 34.1 Å². The van der Waals surface area contributed by atoms with E-state index >= 15 is 0 Å². The molecule has 0 aromatic carbocycles. The number of hydrogen-bond acceptors (Lipinski definition) is 5. The van der Waals surface area contributed by atoms with Crippen LogP contribution in [0.3, 0.4) is 0 Å². The van der Waals surface area contributed by atoms with Gasteiger partial charge in [0, 0.05) is 12.2 Å². The molecule has 3 rings (SSSR count). The smallest absolute Gasteiger partial charge is 0.352 e. The molecule has 2 aromatic heterocycles. The monoisotopic (exact) mass is 297 g/mol. The van der Waals surface area contributed by atoms with Crippen LogP contribution in [0.4, 0.5) is 5.69 Å². The molecule has 9 heteroatoms. The molecule has 1 aliphatic carbocycles. The number of anilines is 1. The minimum absolute atomic E-state index is 0.0295. The van der Waals surface area contributed by atoms with Gasteiger partial charge >= 0.3 is 5.97 Å². The molecule has 2 aromatic rings. The lowest BCUT2D eigenvalue weighted by Gasteiger charge is -2.03. The highest BCUT2D eigenvalue weighted by molar-refractivity contribution is 7.92. The molecule has 0 bridgehead atoms. The first-order valence-electron chi connectivity index (χ1n) is 5.85. The molecule has 0 saturated heterocycles. The molecule has 1 aliphatic rings. The lowest BCUT2D eigenvalue weighted by atomic mass is 10.4. The number of hydrogen-bond donors (Lipinski definition) is 2. The minimum Gasteiger partial charge on any atom is -0.477 e. The maximum atomic E-state index is 12.1. The van der Waals surface area contributed by atoms with Gasteiger partial charge in [0.1, 0.15) is 22.5 Å². The number of carboxylic acid groups (broad SMARTS) is 1. The van der Waals surface area contributed by atoms with Gasteiger partial charge in [-0.3, -0.25) is 4.72 Å². The fourth-order valence-electron chi connectivity index (χ4n) is 1.90. The lowest BCUT2D eigenvalue weighted by Crippen LogP contribution is -2.11. The van der Waals surface area contributed by atoms with Crippen molar-refractivity contribution >= 4 is 21.7 Å². The van der Waals surface area contributed by atoms with Crippen LogP contribution in [-0.4, -0.2) is 29.2 Å². The second-order valence-electron chi connectivity index (χ2n) is 4.52. The molecule has 0 atom stereocenters. The van der Waals surface area contributed by atoms with Gasteiger partial charge in [-0.05, 0) is 18.9 Å². The summed E-state index contributed by atoms with van der Waals surface area (Å²) in [6.07, 6.45) is 5.42. The van der Waals surface area contributed by atoms with Crippen LogP contribution in [0, 0.1) is 0 Å². The highest BCUT2D eigenvalue weighted by atomic mass is 32.2. The molecule has 20 heavy (non-hydrogen) atoms. The van der Waals surface area contributed by atoms with Crippen LogP contribution in [0.5, 0.6) is 0 Å². The highest BCUT2D eigenvalue weighted by Crippen LogP contribution is 2.37. The van der Waals surface area contributed by atoms with E-state index < -0.39 is 16.0 Å². The summed E-state index contributed by atoms with van der Waals surface area (Å²) in [5.41, 5.74) is 0.152. The van der Waals surface area contributed by atoms with Crippen LogP contribution in [0.1, 0.15) is 29.4 Å². The molecule has 106 valence electrons. The molecule has 2 heterocycles. The molecule has 1 fully saturated rings. The van der Waals surface area contributed by atoms with Crippen molar-refractivity contribution in [2.75, 3.05) is 4.72 Å². The quantitative estimate of drug-likeness (QED) is 0.860. The van der Waals surface area contributed by atoms with E-state index in [0.717, 1.165) is 25.2 Å². The zero-order chi connectivity index (χ0) is 14.3. The molecule has 1 saturated carbocycles. The number of nitrogens with zero attached hydrogens (tertiary/aromatic N) is 2. The van der Waals surface area contributed by atoms with Gasteiger partial charge in [-0.15, -0.1) is 0 Å². The molecule has 8 nitrogen and oxygen atoms in total. The molecular formula is C11H11N3O5S. The number of aromatic nitrogens is 2. The van der Waals surface area contributed by atoms with Crippen LogP contribution in [0.25, 0.3) is 0 Å². The largest absolute Gasteiger partial charge is 0.477 e. The van der Waals surface area contributed by atoms with Crippen LogP contribution in [0.2, 0.25) is 0 Å². The van der Waals surface area contributed by atoms with Crippen molar-refractivity contribution in [3.8, 4) is 0 Å². The third-order valence-electron chi connectivity index (χ3n) is 2.98. The second kappa shape index (κ2) is 4.37. The Morgan fingerprint density at radius 3 is 2.80 bits per heavy atom. The van der Waals surface area contributed by atoms with Crippen LogP contribution >= 0.6 is 0 Å². The molecule has 0 spiro atoms. The molecule has 0 unspecified atom stereocenters. The van der Waals surface area contributed by atoms with E-state index in [9.17, 15) is 13.2 Å². The Hall–Kier alpha value is -2.29. The molecule has 0 aliphatic heterocycles. The van der Waals surface area contributed by atoms with Crippen molar-refractivity contribution in [3.05, 3.63) is 30.4 Å². The fraction of sp³-hybridized carbons (Fsp3) is 0.273. The van der Waals surface area contributed by atoms with Crippen molar-refractivity contribution in [3.63, 3.8) is 0 Å². The van der Waals surface area contributed by atoms with Crippen molar-refractivity contribution in [2.45, 2.75) is 23.8 Å². The summed E-state index contributed by atoms with van der Waals surface area (Å²) in [6.45, 7) is 0. The Labute approximate surface area is 114 Å². The normalized spacial score (nSPS) is 15.2. The zero-order valence-corrected chi connectivity index (χ0v) is 11.0. The van der Waals surface area contributed by atoms with Gasteiger partial charge in [-0.25, -0.2) is 13.2 Å². The molecule has 0 radical (unpaired) electrons. The zero-order valence-electron chi connectivity index (χ0n) is 10.2. The second-order valence-corrected chi connectivity index (χ2v) is 6.21. The molecule has 2 N–H and O–H groups in total. The lowest BCUT2D eigenvalue weighted by molar-refractivity contribution is 0.0685. The summed E-state index contributed by atoms with van der Waals surface area (Å²) >= 11 is 0. The standard InChI is InChI=1S/C11H11N3O5S/c15-11(16)10-3-9(5-14(10)8-1-2-8)20(17,18)13-7-4-12-19-6-7/h3-6,8,13H,1-2H2,(H,15,16). The Balaban J connectivity index is 1.97. The van der Waals surface area contributed by atoms with Gasteiger partial charge in [0.25, 0.3) is 10.0 Å². The summed E-state index contributed by atoms with van der Waals surface area (Å²) in [5.74, 6) is -1.15. The third kappa shape index (κ3) is 2.27. The van der Waals surface area contributed by atoms with E-state index in [2.05, 4.69) is 14.4 Å². The van der Waals surface area contributed by atoms with E-state index in [-0.39, 0.29) is 22.3 Å². The van der Waals surface area contributed by atoms with Gasteiger partial charge in [-0.2, -0.15) is 0 Å². The third-order valence-corrected chi connectivity index (χ3v) is 4.33. The number of rotatable bonds is 5. The first kappa shape index (κ1) is 12.7. The predicted molar refractivity (Wildman–Crippen MR) is 67.0 cm³/mol. The first-order chi connectivity index (χ1) is 9.47. The number of aromatic carboxylic acids is 1. The predicted octanol–water partition coefficient (Wildman–Crippen LogP) is 1.31. The Bertz CT molecular complexity index is 743. The van der Waals surface area contributed by atoms with E-state index in [1.165, 1.54) is 17.0 Å².